The monoisotopic (exact) mass is 356 g/mol. The Kier molecular flexibility index (Phi) is 14.5. The Hall–Kier alpha value is -1.10. The van der Waals surface area contributed by atoms with Gasteiger partial charge in [0.1, 0.15) is 6.04 Å². The van der Waals surface area contributed by atoms with Gasteiger partial charge in [0.15, 0.2) is 0 Å². The van der Waals surface area contributed by atoms with Crippen LogP contribution >= 0.6 is 0 Å². The van der Waals surface area contributed by atoms with Crippen molar-refractivity contribution in [2.75, 3.05) is 6.61 Å². The van der Waals surface area contributed by atoms with E-state index in [1.807, 2.05) is 13.8 Å². The largest absolute Gasteiger partial charge is 0.394 e. The second kappa shape index (κ2) is 15.2. The first-order valence-electron chi connectivity index (χ1n) is 10.1. The van der Waals surface area contributed by atoms with E-state index in [2.05, 4.69) is 24.5 Å². The molecule has 3 N–H and O–H groups in total. The smallest absolute Gasteiger partial charge is 0.242 e. The Morgan fingerprint density at radius 2 is 1.56 bits per heavy atom. The highest BCUT2D eigenvalue weighted by molar-refractivity contribution is 5.87. The van der Waals surface area contributed by atoms with Crippen LogP contribution in [0.4, 0.5) is 0 Å². The highest BCUT2D eigenvalue weighted by Crippen LogP contribution is 2.09. The molecule has 0 bridgehead atoms. The van der Waals surface area contributed by atoms with Crippen molar-refractivity contribution in [3.63, 3.8) is 0 Å². The number of nitrogens with one attached hydrogen (secondary N) is 2. The SMILES string of the molecule is CCCCCCCC(=O)N[C@@H](CC(C)C)C(=O)N[C@H](CO)CCCC. The number of aliphatic hydroxyl groups is 1. The third-order valence-electron chi connectivity index (χ3n) is 4.34. The Bertz CT molecular complexity index is 359. The minimum atomic E-state index is -0.515. The lowest BCUT2D eigenvalue weighted by Crippen LogP contribution is -2.51. The number of amides is 2. The molecular weight excluding hydrogens is 316 g/mol. The Balaban J connectivity index is 4.45. The average Bonchev–Trinajstić information content (AvgIpc) is 2.57. The molecule has 0 saturated heterocycles. The normalized spacial score (nSPS) is 13.5. The molecule has 0 spiro atoms. The first-order chi connectivity index (χ1) is 11.9. The third kappa shape index (κ3) is 12.9. The van der Waals surface area contributed by atoms with Gasteiger partial charge in [0.05, 0.1) is 12.6 Å². The van der Waals surface area contributed by atoms with Crippen LogP contribution in [0.25, 0.3) is 0 Å². The summed E-state index contributed by atoms with van der Waals surface area (Å²) in [5, 5.41) is 15.2. The maximum atomic E-state index is 12.5. The Labute approximate surface area is 154 Å². The van der Waals surface area contributed by atoms with Crippen LogP contribution in [0.5, 0.6) is 0 Å². The number of carbonyl (C=O) groups is 2. The quantitative estimate of drug-likeness (QED) is 0.393. The topological polar surface area (TPSA) is 78.4 Å². The molecule has 25 heavy (non-hydrogen) atoms. The molecule has 0 fully saturated rings. The van der Waals surface area contributed by atoms with Gasteiger partial charge >= 0.3 is 0 Å². The van der Waals surface area contributed by atoms with Crippen LogP contribution in [0.3, 0.4) is 0 Å². The number of hydrogen-bond donors (Lipinski definition) is 3. The summed E-state index contributed by atoms with van der Waals surface area (Å²) in [7, 11) is 0. The van der Waals surface area contributed by atoms with Gasteiger partial charge in [-0.15, -0.1) is 0 Å². The van der Waals surface area contributed by atoms with Crippen LogP contribution in [-0.2, 0) is 9.59 Å². The second-order valence-corrected chi connectivity index (χ2v) is 7.44. The molecule has 0 aliphatic heterocycles. The first-order valence-corrected chi connectivity index (χ1v) is 10.1. The lowest BCUT2D eigenvalue weighted by atomic mass is 10.0. The van der Waals surface area contributed by atoms with Crippen molar-refractivity contribution in [2.24, 2.45) is 5.92 Å². The van der Waals surface area contributed by atoms with Crippen molar-refractivity contribution < 1.29 is 14.7 Å². The average molecular weight is 357 g/mol. The first kappa shape index (κ1) is 23.9. The standard InChI is InChI=1S/C20H40N2O3/c1-5-7-9-10-11-13-19(24)22-18(14-16(3)4)20(25)21-17(15-23)12-8-6-2/h16-18,23H,5-15H2,1-4H3,(H,21,25)(H,22,24)/t17-,18-/m0/s1. The summed E-state index contributed by atoms with van der Waals surface area (Å²) in [4.78, 5) is 24.7. The van der Waals surface area contributed by atoms with Crippen molar-refractivity contribution in [3.8, 4) is 0 Å². The zero-order chi connectivity index (χ0) is 19.1. The van der Waals surface area contributed by atoms with Gasteiger partial charge in [-0.2, -0.15) is 0 Å². The maximum absolute atomic E-state index is 12.5. The van der Waals surface area contributed by atoms with Crippen molar-refractivity contribution in [2.45, 2.75) is 104 Å². The molecule has 0 aromatic heterocycles. The fraction of sp³-hybridized carbons (Fsp3) is 0.900. The molecular formula is C20H40N2O3. The summed E-state index contributed by atoms with van der Waals surface area (Å²) in [5.74, 6) is 0.0819. The molecule has 5 nitrogen and oxygen atoms in total. The predicted molar refractivity (Wildman–Crippen MR) is 103 cm³/mol. The van der Waals surface area contributed by atoms with E-state index in [4.69, 9.17) is 0 Å². The molecule has 0 radical (unpaired) electrons. The molecule has 0 rings (SSSR count). The fourth-order valence-electron chi connectivity index (χ4n) is 2.82. The van der Waals surface area contributed by atoms with Crippen molar-refractivity contribution >= 4 is 11.8 Å². The molecule has 0 aliphatic carbocycles. The van der Waals surface area contributed by atoms with E-state index < -0.39 is 6.04 Å². The molecule has 148 valence electrons. The lowest BCUT2D eigenvalue weighted by Gasteiger charge is -2.23. The molecule has 0 aromatic rings. The van der Waals surface area contributed by atoms with Gasteiger partial charge < -0.3 is 15.7 Å². The summed E-state index contributed by atoms with van der Waals surface area (Å²) < 4.78 is 0. The molecule has 0 saturated carbocycles. The molecule has 0 aromatic carbocycles. The fourth-order valence-corrected chi connectivity index (χ4v) is 2.82. The van der Waals surface area contributed by atoms with Gasteiger partial charge in [-0.25, -0.2) is 0 Å². The molecule has 0 heterocycles. The zero-order valence-corrected chi connectivity index (χ0v) is 16.8. The Morgan fingerprint density at radius 1 is 0.920 bits per heavy atom. The van der Waals surface area contributed by atoms with Gasteiger partial charge in [-0.05, 0) is 25.2 Å². The molecule has 0 aliphatic rings. The van der Waals surface area contributed by atoms with Crippen LogP contribution in [0.1, 0.15) is 91.9 Å². The van der Waals surface area contributed by atoms with Crippen LogP contribution < -0.4 is 10.6 Å². The molecule has 2 amide bonds. The molecule has 5 heteroatoms. The van der Waals surface area contributed by atoms with Gasteiger partial charge in [0.25, 0.3) is 0 Å². The van der Waals surface area contributed by atoms with Crippen LogP contribution in [0.2, 0.25) is 0 Å². The lowest BCUT2D eigenvalue weighted by molar-refractivity contribution is -0.130. The van der Waals surface area contributed by atoms with Gasteiger partial charge in [0.2, 0.25) is 11.8 Å². The van der Waals surface area contributed by atoms with E-state index >= 15 is 0 Å². The number of aliphatic hydroxyl groups excluding tert-OH is 1. The summed E-state index contributed by atoms with van der Waals surface area (Å²) in [6.45, 7) is 8.27. The third-order valence-corrected chi connectivity index (χ3v) is 4.34. The van der Waals surface area contributed by atoms with Crippen LogP contribution in [-0.4, -0.2) is 35.6 Å². The van der Waals surface area contributed by atoms with Gasteiger partial charge in [-0.3, -0.25) is 9.59 Å². The number of hydrogen-bond acceptors (Lipinski definition) is 3. The maximum Gasteiger partial charge on any atom is 0.242 e. The van der Waals surface area contributed by atoms with Gasteiger partial charge in [0, 0.05) is 6.42 Å². The predicted octanol–water partition coefficient (Wildman–Crippen LogP) is 3.55. The number of carbonyl (C=O) groups excluding carboxylic acids is 2. The van der Waals surface area contributed by atoms with E-state index in [0.29, 0.717) is 18.8 Å². The van der Waals surface area contributed by atoms with Crippen molar-refractivity contribution in [3.05, 3.63) is 0 Å². The number of rotatable bonds is 15. The summed E-state index contributed by atoms with van der Waals surface area (Å²) >= 11 is 0. The highest BCUT2D eigenvalue weighted by Gasteiger charge is 2.23. The van der Waals surface area contributed by atoms with Crippen molar-refractivity contribution in [1.29, 1.82) is 0 Å². The minimum absolute atomic E-state index is 0.0496. The summed E-state index contributed by atoms with van der Waals surface area (Å²) in [6.07, 6.45) is 9.33. The van der Waals surface area contributed by atoms with E-state index in [1.54, 1.807) is 0 Å². The molecule has 2 atom stereocenters. The van der Waals surface area contributed by atoms with Gasteiger partial charge in [-0.1, -0.05) is 66.2 Å². The Morgan fingerprint density at radius 3 is 2.12 bits per heavy atom. The number of unbranched alkanes of at least 4 members (excludes halogenated alkanes) is 5. The second-order valence-electron chi connectivity index (χ2n) is 7.44. The van der Waals surface area contributed by atoms with Crippen molar-refractivity contribution in [1.82, 2.24) is 10.6 Å². The molecule has 0 unspecified atom stereocenters. The summed E-state index contributed by atoms with van der Waals surface area (Å²) in [5.41, 5.74) is 0. The van der Waals surface area contributed by atoms with E-state index in [9.17, 15) is 14.7 Å². The minimum Gasteiger partial charge on any atom is -0.394 e. The van der Waals surface area contributed by atoms with Crippen LogP contribution in [0.15, 0.2) is 0 Å². The van der Waals surface area contributed by atoms with E-state index in [0.717, 1.165) is 38.5 Å². The van der Waals surface area contributed by atoms with E-state index in [1.165, 1.54) is 12.8 Å². The van der Waals surface area contributed by atoms with E-state index in [-0.39, 0.29) is 24.5 Å². The zero-order valence-electron chi connectivity index (χ0n) is 16.8. The highest BCUT2D eigenvalue weighted by atomic mass is 16.3. The van der Waals surface area contributed by atoms with Crippen LogP contribution in [0, 0.1) is 5.92 Å². The summed E-state index contributed by atoms with van der Waals surface area (Å²) in [6, 6.07) is -0.744.